The topological polar surface area (TPSA) is 118 Å². The average molecular weight is 550 g/mol. The number of hydrogen-bond acceptors (Lipinski definition) is 10. The predicted octanol–water partition coefficient (Wildman–Crippen LogP) is 2.73. The molecule has 1 amide bonds. The number of methoxy groups -OCH3 is 1. The molecule has 1 aromatic rings. The van der Waals surface area contributed by atoms with E-state index in [0.717, 1.165) is 6.92 Å². The summed E-state index contributed by atoms with van der Waals surface area (Å²) in [5, 5.41) is 0.237. The van der Waals surface area contributed by atoms with E-state index in [9.17, 15) is 19.2 Å². The first-order chi connectivity index (χ1) is 16.5. The molecule has 0 aromatic heterocycles. The lowest BCUT2D eigenvalue weighted by molar-refractivity contribution is -0.299. The summed E-state index contributed by atoms with van der Waals surface area (Å²) in [5.74, 6) is -2.13. The fourth-order valence-corrected chi connectivity index (χ4v) is 6.03. The van der Waals surface area contributed by atoms with Crippen LogP contribution in [0.4, 0.5) is 0 Å². The van der Waals surface area contributed by atoms with Gasteiger partial charge >= 0.3 is 17.9 Å². The summed E-state index contributed by atoms with van der Waals surface area (Å²) in [5.41, 5.74) is 0.559. The van der Waals surface area contributed by atoms with Crippen molar-refractivity contribution in [1.29, 1.82) is 0 Å². The van der Waals surface area contributed by atoms with Crippen LogP contribution in [0.1, 0.15) is 31.7 Å². The second kappa shape index (κ2) is 11.8. The van der Waals surface area contributed by atoms with E-state index in [2.05, 4.69) is 0 Å². The van der Waals surface area contributed by atoms with Crippen molar-refractivity contribution in [3.05, 3.63) is 33.8 Å². The molecule has 0 N–H and O–H groups in total. The van der Waals surface area contributed by atoms with E-state index in [4.69, 9.17) is 46.9 Å². The normalized spacial score (nSPS) is 28.5. The molecule has 0 bridgehead atoms. The van der Waals surface area contributed by atoms with E-state index in [1.165, 1.54) is 37.6 Å². The lowest BCUT2D eigenvalue weighted by Gasteiger charge is -2.45. The predicted molar refractivity (Wildman–Crippen MR) is 126 cm³/mol. The lowest BCUT2D eigenvalue weighted by Crippen LogP contribution is -2.63. The molecule has 13 heteroatoms. The molecule has 0 spiro atoms. The first-order valence-electron chi connectivity index (χ1n) is 10.6. The third-order valence-corrected chi connectivity index (χ3v) is 7.20. The van der Waals surface area contributed by atoms with Crippen molar-refractivity contribution in [2.24, 2.45) is 0 Å². The van der Waals surface area contributed by atoms with E-state index in [0.29, 0.717) is 15.6 Å². The fourth-order valence-electron chi connectivity index (χ4n) is 4.02. The molecule has 2 aliphatic heterocycles. The average Bonchev–Trinajstić information content (AvgIpc) is 3.11. The Morgan fingerprint density at radius 3 is 2.09 bits per heavy atom. The van der Waals surface area contributed by atoms with E-state index in [-0.39, 0.29) is 18.2 Å². The molecule has 2 heterocycles. The van der Waals surface area contributed by atoms with E-state index >= 15 is 0 Å². The number of halogens is 2. The second-order valence-corrected chi connectivity index (χ2v) is 9.73. The summed E-state index contributed by atoms with van der Waals surface area (Å²) in [6.45, 7) is 3.43. The second-order valence-electron chi connectivity index (χ2n) is 7.85. The maximum Gasteiger partial charge on any atom is 0.303 e. The Morgan fingerprint density at radius 1 is 1.00 bits per heavy atom. The van der Waals surface area contributed by atoms with Crippen LogP contribution in [0.15, 0.2) is 18.2 Å². The van der Waals surface area contributed by atoms with Crippen molar-refractivity contribution in [2.45, 2.75) is 56.9 Å². The van der Waals surface area contributed by atoms with Crippen molar-refractivity contribution in [3.63, 3.8) is 0 Å². The van der Waals surface area contributed by atoms with Crippen LogP contribution in [0.3, 0.4) is 0 Å². The maximum absolute atomic E-state index is 12.9. The number of hydrogen-bond donors (Lipinski definition) is 0. The van der Waals surface area contributed by atoms with Gasteiger partial charge in [0.15, 0.2) is 24.6 Å². The number of carbonyl (C=O) groups excluding carboxylic acids is 4. The first-order valence-corrected chi connectivity index (χ1v) is 12.4. The molecule has 2 fully saturated rings. The van der Waals surface area contributed by atoms with Gasteiger partial charge in [0.05, 0.1) is 12.3 Å². The highest BCUT2D eigenvalue weighted by atomic mass is 35.5. The highest BCUT2D eigenvalue weighted by molar-refractivity contribution is 8.00. The van der Waals surface area contributed by atoms with E-state index < -0.39 is 54.0 Å². The van der Waals surface area contributed by atoms with Crippen LogP contribution >= 0.6 is 35.0 Å². The Kier molecular flexibility index (Phi) is 9.28. The van der Waals surface area contributed by atoms with Crippen molar-refractivity contribution in [3.8, 4) is 0 Å². The molecule has 1 aromatic carbocycles. The van der Waals surface area contributed by atoms with Gasteiger partial charge in [0.1, 0.15) is 11.5 Å². The lowest BCUT2D eigenvalue weighted by atomic mass is 9.97. The third-order valence-electron chi connectivity index (χ3n) is 5.32. The van der Waals surface area contributed by atoms with Gasteiger partial charge in [-0.3, -0.25) is 19.2 Å². The number of esters is 3. The van der Waals surface area contributed by atoms with Gasteiger partial charge in [-0.15, -0.1) is 11.8 Å². The van der Waals surface area contributed by atoms with Gasteiger partial charge in [-0.05, 0) is 12.1 Å². The van der Waals surface area contributed by atoms with Gasteiger partial charge in [-0.2, -0.15) is 0 Å². The smallest absolute Gasteiger partial charge is 0.303 e. The van der Waals surface area contributed by atoms with Crippen molar-refractivity contribution in [1.82, 2.24) is 4.90 Å². The zero-order chi connectivity index (χ0) is 25.9. The number of ether oxygens (including phenoxy) is 5. The summed E-state index contributed by atoms with van der Waals surface area (Å²) in [6, 6.07) is 5.04. The molecule has 6 atom stereocenters. The fraction of sp³-hybridized carbons (Fsp3) is 0.545. The summed E-state index contributed by atoms with van der Waals surface area (Å²) >= 11 is 14.1. The maximum atomic E-state index is 12.9. The van der Waals surface area contributed by atoms with Gasteiger partial charge in [-0.25, -0.2) is 0 Å². The Balaban J connectivity index is 1.98. The summed E-state index contributed by atoms with van der Waals surface area (Å²) < 4.78 is 27.5. The molecule has 10 nitrogen and oxygen atoms in total. The summed E-state index contributed by atoms with van der Waals surface area (Å²) in [7, 11) is 1.32. The van der Waals surface area contributed by atoms with Gasteiger partial charge in [0.2, 0.25) is 5.91 Å². The summed E-state index contributed by atoms with van der Waals surface area (Å²) in [6.07, 6.45) is -5.87. The van der Waals surface area contributed by atoms with Gasteiger partial charge in [-0.1, -0.05) is 29.3 Å². The molecule has 2 aliphatic rings. The van der Waals surface area contributed by atoms with Crippen LogP contribution in [0, 0.1) is 0 Å². The molecule has 35 heavy (non-hydrogen) atoms. The molecule has 0 saturated carbocycles. The van der Waals surface area contributed by atoms with Crippen LogP contribution in [0.5, 0.6) is 0 Å². The Bertz CT molecular complexity index is 973. The molecule has 0 radical (unpaired) electrons. The van der Waals surface area contributed by atoms with E-state index in [1.54, 1.807) is 18.2 Å². The highest BCUT2D eigenvalue weighted by Gasteiger charge is 2.53. The van der Waals surface area contributed by atoms with Crippen LogP contribution in [-0.4, -0.2) is 78.8 Å². The molecule has 0 unspecified atom stereocenters. The van der Waals surface area contributed by atoms with Gasteiger partial charge in [0.25, 0.3) is 0 Å². The SMILES string of the molecule is CO[C@H]1O[C@H](CN2C(=O)CS[C@@H]2c2c(Cl)cccc2Cl)[C@@H](OC(C)=O)[C@H](OC(C)=O)[C@H]1OC(C)=O. The number of carbonyl (C=O) groups is 4. The number of amides is 1. The van der Waals surface area contributed by atoms with Crippen LogP contribution in [-0.2, 0) is 42.9 Å². The van der Waals surface area contributed by atoms with Crippen molar-refractivity contribution in [2.75, 3.05) is 19.4 Å². The van der Waals surface area contributed by atoms with Crippen LogP contribution in [0.25, 0.3) is 0 Å². The zero-order valence-electron chi connectivity index (χ0n) is 19.4. The standard InChI is InChI=1S/C22H25Cl2NO9S/c1-10(26)31-18-15(34-22(30-4)20(33-12(3)28)19(18)32-11(2)27)8-25-16(29)9-35-21(25)17-13(23)6-5-7-14(17)24/h5-7,15,18-22H,8-9H2,1-4H3/t15-,18-,19+,20-,21-,22+/m1/s1. The zero-order valence-corrected chi connectivity index (χ0v) is 21.7. The van der Waals surface area contributed by atoms with Crippen LogP contribution in [0.2, 0.25) is 10.0 Å². The quantitative estimate of drug-likeness (QED) is 0.371. The Labute approximate surface area is 216 Å². The largest absolute Gasteiger partial charge is 0.456 e. The molecular weight excluding hydrogens is 525 g/mol. The van der Waals surface area contributed by atoms with Gasteiger partial charge < -0.3 is 28.6 Å². The Morgan fingerprint density at radius 2 is 1.54 bits per heavy atom. The van der Waals surface area contributed by atoms with Crippen molar-refractivity contribution >= 4 is 58.8 Å². The number of benzene rings is 1. The molecule has 0 aliphatic carbocycles. The molecule has 2 saturated heterocycles. The highest BCUT2D eigenvalue weighted by Crippen LogP contribution is 2.45. The van der Waals surface area contributed by atoms with Crippen LogP contribution < -0.4 is 0 Å². The van der Waals surface area contributed by atoms with E-state index in [1.807, 2.05) is 0 Å². The minimum atomic E-state index is -1.25. The monoisotopic (exact) mass is 549 g/mol. The summed E-state index contributed by atoms with van der Waals surface area (Å²) in [4.78, 5) is 50.0. The number of nitrogens with zero attached hydrogens (tertiary/aromatic N) is 1. The third kappa shape index (κ3) is 6.39. The molecular formula is C22H25Cl2NO9S. The molecule has 192 valence electrons. The Hall–Kier alpha value is -2.05. The number of rotatable bonds is 7. The minimum Gasteiger partial charge on any atom is -0.456 e. The molecule has 3 rings (SSSR count). The number of thioether (sulfide) groups is 1. The van der Waals surface area contributed by atoms with Gasteiger partial charge in [0, 0.05) is 43.5 Å². The van der Waals surface area contributed by atoms with Crippen molar-refractivity contribution < 1.29 is 42.9 Å². The first kappa shape index (κ1) is 27.5. The minimum absolute atomic E-state index is 0.0829.